The van der Waals surface area contributed by atoms with Crippen molar-refractivity contribution in [3.63, 3.8) is 0 Å². The van der Waals surface area contributed by atoms with Crippen LogP contribution in [-0.4, -0.2) is 17.6 Å². The molecule has 4 rings (SSSR count). The van der Waals surface area contributed by atoms with Crippen molar-refractivity contribution in [1.82, 2.24) is 0 Å². The third kappa shape index (κ3) is 4.49. The molecular weight excluding hydrogens is 413 g/mol. The Kier molecular flexibility index (Phi) is 6.09. The van der Waals surface area contributed by atoms with Crippen LogP contribution >= 0.6 is 11.8 Å². The van der Waals surface area contributed by atoms with E-state index in [9.17, 15) is 14.0 Å². The Hall–Kier alpha value is -3.12. The molecule has 0 aromatic heterocycles. The normalized spacial score (nSPS) is 16.9. The second kappa shape index (κ2) is 8.94. The van der Waals surface area contributed by atoms with Crippen LogP contribution in [0.3, 0.4) is 0 Å². The first-order valence-electron chi connectivity index (χ1n) is 10.00. The lowest BCUT2D eigenvalue weighted by atomic mass is 10.1. The number of hydrogen-bond donors (Lipinski definition) is 0. The summed E-state index contributed by atoms with van der Waals surface area (Å²) in [6.45, 7) is 3.70. The lowest BCUT2D eigenvalue weighted by molar-refractivity contribution is -0.115. The van der Waals surface area contributed by atoms with Gasteiger partial charge in [-0.1, -0.05) is 42.5 Å². The molecule has 0 bridgehead atoms. The molecule has 6 heteroatoms. The van der Waals surface area contributed by atoms with Gasteiger partial charge in [-0.05, 0) is 60.9 Å². The van der Waals surface area contributed by atoms with E-state index in [1.54, 1.807) is 35.2 Å². The molecule has 4 nitrogen and oxygen atoms in total. The van der Waals surface area contributed by atoms with Crippen molar-refractivity contribution in [2.24, 2.45) is 0 Å². The highest BCUT2D eigenvalue weighted by Crippen LogP contribution is 2.43. The molecule has 3 aromatic rings. The Morgan fingerprint density at radius 2 is 1.81 bits per heavy atom. The number of amides is 1. The van der Waals surface area contributed by atoms with Crippen molar-refractivity contribution in [3.8, 4) is 0 Å². The zero-order valence-corrected chi connectivity index (χ0v) is 18.1. The van der Waals surface area contributed by atoms with Gasteiger partial charge in [0.05, 0.1) is 11.3 Å². The summed E-state index contributed by atoms with van der Waals surface area (Å²) >= 11 is 1.50. The number of carbonyl (C=O) groups is 2. The zero-order valence-electron chi connectivity index (χ0n) is 17.2. The largest absolute Gasteiger partial charge is 0.454 e. The van der Waals surface area contributed by atoms with Gasteiger partial charge in [-0.25, -0.2) is 9.18 Å². The number of rotatable bonds is 5. The van der Waals surface area contributed by atoms with Gasteiger partial charge in [0.2, 0.25) is 5.91 Å². The molecule has 1 saturated heterocycles. The fourth-order valence-corrected chi connectivity index (χ4v) is 4.80. The fraction of sp³-hybridized carbons (Fsp3) is 0.200. The van der Waals surface area contributed by atoms with Gasteiger partial charge in [-0.2, -0.15) is 0 Å². The average Bonchev–Trinajstić information content (AvgIpc) is 3.16. The van der Waals surface area contributed by atoms with Crippen LogP contribution in [0.2, 0.25) is 0 Å². The van der Waals surface area contributed by atoms with Gasteiger partial charge in [0.1, 0.15) is 17.3 Å². The smallest absolute Gasteiger partial charge is 0.338 e. The molecule has 1 aliphatic rings. The van der Waals surface area contributed by atoms with Crippen molar-refractivity contribution < 1.29 is 18.7 Å². The zero-order chi connectivity index (χ0) is 22.0. The van der Waals surface area contributed by atoms with E-state index in [1.807, 2.05) is 44.2 Å². The number of benzene rings is 3. The second-order valence-electron chi connectivity index (χ2n) is 7.44. The summed E-state index contributed by atoms with van der Waals surface area (Å²) in [5, 5.41) is -0.234. The van der Waals surface area contributed by atoms with E-state index >= 15 is 0 Å². The van der Waals surface area contributed by atoms with Gasteiger partial charge >= 0.3 is 5.97 Å². The third-order valence-corrected chi connectivity index (χ3v) is 6.48. The maximum atomic E-state index is 13.3. The van der Waals surface area contributed by atoms with Crippen molar-refractivity contribution in [2.45, 2.75) is 25.3 Å². The van der Waals surface area contributed by atoms with E-state index in [-0.39, 0.29) is 23.2 Å². The minimum atomic E-state index is -0.414. The maximum absolute atomic E-state index is 13.3. The molecule has 3 aromatic carbocycles. The van der Waals surface area contributed by atoms with E-state index in [0.29, 0.717) is 11.3 Å². The molecule has 0 aliphatic carbocycles. The lowest BCUT2D eigenvalue weighted by Gasteiger charge is -2.26. The van der Waals surface area contributed by atoms with Crippen molar-refractivity contribution in [2.75, 3.05) is 10.7 Å². The van der Waals surface area contributed by atoms with Crippen LogP contribution in [-0.2, 0) is 9.53 Å². The van der Waals surface area contributed by atoms with Gasteiger partial charge in [0, 0.05) is 5.69 Å². The molecule has 158 valence electrons. The quantitative estimate of drug-likeness (QED) is 0.473. The summed E-state index contributed by atoms with van der Waals surface area (Å²) < 4.78 is 18.9. The fourth-order valence-electron chi connectivity index (χ4n) is 3.63. The SMILES string of the molecule is Cc1cc(C(=O)OC(C)c2ccccc2)ccc1N1C(=O)CSC1c1ccc(F)cc1. The Morgan fingerprint density at radius 1 is 1.10 bits per heavy atom. The number of anilines is 1. The molecule has 1 amide bonds. The van der Waals surface area contributed by atoms with Gasteiger partial charge in [-0.3, -0.25) is 9.69 Å². The van der Waals surface area contributed by atoms with Crippen LogP contribution < -0.4 is 4.90 Å². The number of hydrogen-bond acceptors (Lipinski definition) is 4. The van der Waals surface area contributed by atoms with Gasteiger partial charge in [0.15, 0.2) is 0 Å². The number of esters is 1. The lowest BCUT2D eigenvalue weighted by Crippen LogP contribution is -2.28. The van der Waals surface area contributed by atoms with Crippen LogP contribution in [0.4, 0.5) is 10.1 Å². The standard InChI is InChI=1S/C25H22FNO3S/c1-16-14-20(25(29)30-17(2)18-6-4-3-5-7-18)10-13-22(16)27-23(28)15-31-24(27)19-8-11-21(26)12-9-19/h3-14,17,24H,15H2,1-2H3. The first-order chi connectivity index (χ1) is 14.9. The minimum Gasteiger partial charge on any atom is -0.454 e. The van der Waals surface area contributed by atoms with Crippen LogP contribution in [0.25, 0.3) is 0 Å². The summed E-state index contributed by atoms with van der Waals surface area (Å²) in [6, 6.07) is 21.0. The highest BCUT2D eigenvalue weighted by molar-refractivity contribution is 8.00. The second-order valence-corrected chi connectivity index (χ2v) is 8.51. The van der Waals surface area contributed by atoms with E-state index in [2.05, 4.69) is 0 Å². The predicted molar refractivity (Wildman–Crippen MR) is 121 cm³/mol. The van der Waals surface area contributed by atoms with E-state index in [0.717, 1.165) is 22.4 Å². The molecule has 1 fully saturated rings. The van der Waals surface area contributed by atoms with Crippen LogP contribution in [0.15, 0.2) is 72.8 Å². The summed E-state index contributed by atoms with van der Waals surface area (Å²) in [7, 11) is 0. The first kappa shape index (κ1) is 21.1. The van der Waals surface area contributed by atoms with Crippen molar-refractivity contribution in [1.29, 1.82) is 0 Å². The van der Waals surface area contributed by atoms with Gasteiger partial charge in [0.25, 0.3) is 0 Å². The molecule has 0 radical (unpaired) electrons. The highest BCUT2D eigenvalue weighted by Gasteiger charge is 2.35. The van der Waals surface area contributed by atoms with Crippen molar-refractivity contribution in [3.05, 3.63) is 101 Å². The van der Waals surface area contributed by atoms with Crippen LogP contribution in [0.1, 0.15) is 45.4 Å². The Labute approximate surface area is 185 Å². The third-order valence-electron chi connectivity index (χ3n) is 5.27. The maximum Gasteiger partial charge on any atom is 0.338 e. The molecule has 0 N–H and O–H groups in total. The Balaban J connectivity index is 1.55. The van der Waals surface area contributed by atoms with Crippen LogP contribution in [0.5, 0.6) is 0 Å². The molecule has 0 spiro atoms. The number of carbonyl (C=O) groups excluding carboxylic acids is 2. The summed E-state index contributed by atoms with van der Waals surface area (Å²) in [5.74, 6) is -0.396. The molecular formula is C25H22FNO3S. The first-order valence-corrected chi connectivity index (χ1v) is 11.0. The van der Waals surface area contributed by atoms with Crippen molar-refractivity contribution >= 4 is 29.3 Å². The molecule has 1 heterocycles. The molecule has 31 heavy (non-hydrogen) atoms. The summed E-state index contributed by atoms with van der Waals surface area (Å²) in [6.07, 6.45) is -0.368. The summed E-state index contributed by atoms with van der Waals surface area (Å²) in [5.41, 5.74) is 3.74. The average molecular weight is 436 g/mol. The Morgan fingerprint density at radius 3 is 2.48 bits per heavy atom. The molecule has 0 saturated carbocycles. The monoisotopic (exact) mass is 435 g/mol. The number of halogens is 1. The van der Waals surface area contributed by atoms with Crippen LogP contribution in [0, 0.1) is 12.7 Å². The highest BCUT2D eigenvalue weighted by atomic mass is 32.2. The minimum absolute atomic E-state index is 0.0181. The van der Waals surface area contributed by atoms with E-state index in [4.69, 9.17) is 4.74 Å². The van der Waals surface area contributed by atoms with E-state index in [1.165, 1.54) is 23.9 Å². The number of aryl methyl sites for hydroxylation is 1. The molecule has 2 atom stereocenters. The summed E-state index contributed by atoms with van der Waals surface area (Å²) in [4.78, 5) is 27.0. The molecule has 1 aliphatic heterocycles. The Bertz CT molecular complexity index is 1100. The predicted octanol–water partition coefficient (Wildman–Crippen LogP) is 5.83. The van der Waals surface area contributed by atoms with E-state index < -0.39 is 5.97 Å². The number of ether oxygens (including phenoxy) is 1. The number of thioether (sulfide) groups is 1. The topological polar surface area (TPSA) is 46.6 Å². The van der Waals surface area contributed by atoms with Gasteiger partial charge < -0.3 is 4.74 Å². The van der Waals surface area contributed by atoms with Gasteiger partial charge in [-0.15, -0.1) is 11.8 Å². The number of nitrogens with zero attached hydrogens (tertiary/aromatic N) is 1. The molecule has 2 unspecified atom stereocenters.